The van der Waals surface area contributed by atoms with Gasteiger partial charge in [0.05, 0.1) is 42.4 Å². The summed E-state index contributed by atoms with van der Waals surface area (Å²) in [6.45, 7) is 6.31. The van der Waals surface area contributed by atoms with Crippen LogP contribution in [0.1, 0.15) is 53.8 Å². The van der Waals surface area contributed by atoms with Crippen LogP contribution in [0.5, 0.6) is 11.5 Å². The summed E-state index contributed by atoms with van der Waals surface area (Å²) in [5.41, 5.74) is 1.08. The second-order valence-corrected chi connectivity index (χ2v) is 8.08. The van der Waals surface area contributed by atoms with Gasteiger partial charge in [0.2, 0.25) is 0 Å². The minimum Gasteiger partial charge on any atom is -0.493 e. The number of hydrogen-bond donors (Lipinski definition) is 1. The van der Waals surface area contributed by atoms with Crippen LogP contribution in [0.3, 0.4) is 0 Å². The average Bonchev–Trinajstić information content (AvgIpc) is 3.18. The molecular formula is C22H27N3O4S. The molecule has 0 atom stereocenters. The van der Waals surface area contributed by atoms with Gasteiger partial charge in [-0.25, -0.2) is 4.98 Å². The Morgan fingerprint density at radius 1 is 1.17 bits per heavy atom. The van der Waals surface area contributed by atoms with E-state index in [9.17, 15) is 9.59 Å². The van der Waals surface area contributed by atoms with Crippen molar-refractivity contribution in [3.63, 3.8) is 0 Å². The highest BCUT2D eigenvalue weighted by molar-refractivity contribution is 7.09. The Morgan fingerprint density at radius 2 is 1.80 bits per heavy atom. The lowest BCUT2D eigenvalue weighted by Crippen LogP contribution is -2.29. The van der Waals surface area contributed by atoms with Crippen LogP contribution in [0.15, 0.2) is 28.5 Å². The van der Waals surface area contributed by atoms with E-state index in [0.29, 0.717) is 34.4 Å². The third-order valence-electron chi connectivity index (χ3n) is 5.22. The number of rotatable bonds is 8. The Hall–Kier alpha value is -2.87. The minimum atomic E-state index is -0.266. The fraction of sp³-hybridized carbons (Fsp3) is 0.409. The number of carbonyl (C=O) groups is 1. The van der Waals surface area contributed by atoms with Gasteiger partial charge in [-0.05, 0) is 31.9 Å². The molecule has 7 nitrogen and oxygen atoms in total. The van der Waals surface area contributed by atoms with Crippen LogP contribution in [0.4, 0.5) is 0 Å². The van der Waals surface area contributed by atoms with Crippen molar-refractivity contribution in [3.05, 3.63) is 50.3 Å². The van der Waals surface area contributed by atoms with Gasteiger partial charge in [0.15, 0.2) is 11.5 Å². The van der Waals surface area contributed by atoms with Crippen molar-refractivity contribution in [2.45, 2.75) is 46.2 Å². The van der Waals surface area contributed by atoms with E-state index in [2.05, 4.69) is 10.3 Å². The molecule has 0 aliphatic rings. The Morgan fingerprint density at radius 3 is 2.33 bits per heavy atom. The summed E-state index contributed by atoms with van der Waals surface area (Å²) in [7, 11) is 3.05. The van der Waals surface area contributed by atoms with Crippen LogP contribution in [0.25, 0.3) is 10.8 Å². The third kappa shape index (κ3) is 4.18. The topological polar surface area (TPSA) is 82.5 Å². The number of aryl methyl sites for hydroxylation is 1. The molecular weight excluding hydrogens is 402 g/mol. The van der Waals surface area contributed by atoms with Gasteiger partial charge in [-0.3, -0.25) is 9.59 Å². The highest BCUT2D eigenvalue weighted by Gasteiger charge is 2.20. The molecule has 0 fully saturated rings. The molecule has 0 saturated carbocycles. The maximum absolute atomic E-state index is 13.2. The SMILES string of the molecule is CCC(CC)n1cc(C(=O)NCc2csc(C)n2)c2cc(OC)c(OC)cc2c1=O. The molecule has 0 saturated heterocycles. The van der Waals surface area contributed by atoms with Gasteiger partial charge in [-0.15, -0.1) is 11.3 Å². The van der Waals surface area contributed by atoms with Gasteiger partial charge in [0.25, 0.3) is 11.5 Å². The largest absolute Gasteiger partial charge is 0.493 e. The van der Waals surface area contributed by atoms with Crippen LogP contribution in [0, 0.1) is 6.92 Å². The monoisotopic (exact) mass is 429 g/mol. The number of methoxy groups -OCH3 is 2. The Bertz CT molecular complexity index is 1120. The number of pyridine rings is 1. The molecule has 0 bridgehead atoms. The number of thiazole rings is 1. The smallest absolute Gasteiger partial charge is 0.258 e. The second kappa shape index (κ2) is 9.30. The molecule has 1 N–H and O–H groups in total. The molecule has 0 spiro atoms. The second-order valence-electron chi connectivity index (χ2n) is 7.02. The van der Waals surface area contributed by atoms with Gasteiger partial charge in [-0.1, -0.05) is 13.8 Å². The van der Waals surface area contributed by atoms with Crippen LogP contribution < -0.4 is 20.3 Å². The molecule has 3 rings (SSSR count). The summed E-state index contributed by atoms with van der Waals surface area (Å²) in [4.78, 5) is 30.8. The average molecular weight is 430 g/mol. The van der Waals surface area contributed by atoms with Crippen LogP contribution in [-0.4, -0.2) is 29.7 Å². The number of hydrogen-bond acceptors (Lipinski definition) is 6. The molecule has 0 unspecified atom stereocenters. The molecule has 1 aromatic carbocycles. The number of carbonyl (C=O) groups excluding carboxylic acids is 1. The van der Waals surface area contributed by atoms with E-state index < -0.39 is 0 Å². The zero-order chi connectivity index (χ0) is 21.8. The van der Waals surface area contributed by atoms with Gasteiger partial charge < -0.3 is 19.4 Å². The summed E-state index contributed by atoms with van der Waals surface area (Å²) in [5, 5.41) is 6.76. The van der Waals surface area contributed by atoms with Crippen LogP contribution >= 0.6 is 11.3 Å². The van der Waals surface area contributed by atoms with Crippen molar-refractivity contribution in [1.29, 1.82) is 0 Å². The summed E-state index contributed by atoms with van der Waals surface area (Å²) in [6, 6.07) is 3.34. The summed E-state index contributed by atoms with van der Waals surface area (Å²) in [6.07, 6.45) is 3.23. The zero-order valence-electron chi connectivity index (χ0n) is 17.9. The molecule has 3 aromatic rings. The fourth-order valence-corrected chi connectivity index (χ4v) is 4.19. The van der Waals surface area contributed by atoms with Crippen molar-refractivity contribution in [2.24, 2.45) is 0 Å². The summed E-state index contributed by atoms with van der Waals surface area (Å²) < 4.78 is 12.4. The van der Waals surface area contributed by atoms with Crippen molar-refractivity contribution in [1.82, 2.24) is 14.9 Å². The number of amides is 1. The highest BCUT2D eigenvalue weighted by Crippen LogP contribution is 2.33. The van der Waals surface area contributed by atoms with E-state index in [1.165, 1.54) is 25.6 Å². The van der Waals surface area contributed by atoms with Gasteiger partial charge in [0, 0.05) is 23.0 Å². The number of nitrogens with zero attached hydrogens (tertiary/aromatic N) is 2. The first-order valence-corrected chi connectivity index (χ1v) is 10.8. The molecule has 0 aliphatic heterocycles. The maximum atomic E-state index is 13.2. The van der Waals surface area contributed by atoms with E-state index in [-0.39, 0.29) is 17.5 Å². The molecule has 1 amide bonds. The van der Waals surface area contributed by atoms with E-state index in [1.54, 1.807) is 22.9 Å². The molecule has 0 aliphatic carbocycles. The quantitative estimate of drug-likeness (QED) is 0.584. The first-order valence-electron chi connectivity index (χ1n) is 9.93. The standard InChI is InChI=1S/C22H27N3O4S/c1-6-15(7-2)25-11-18(21(26)23-10-14-12-30-13(3)24-14)16-8-19(28-4)20(29-5)9-17(16)22(25)27/h8-9,11-12,15H,6-7,10H2,1-5H3,(H,23,26). The van der Waals surface area contributed by atoms with Gasteiger partial charge in [0.1, 0.15) is 0 Å². The molecule has 30 heavy (non-hydrogen) atoms. The van der Waals surface area contributed by atoms with Gasteiger partial charge >= 0.3 is 0 Å². The normalized spacial score (nSPS) is 11.1. The van der Waals surface area contributed by atoms with Crippen LogP contribution in [0.2, 0.25) is 0 Å². The maximum Gasteiger partial charge on any atom is 0.258 e. The Balaban J connectivity index is 2.15. The summed E-state index contributed by atoms with van der Waals surface area (Å²) >= 11 is 1.54. The molecule has 0 radical (unpaired) electrons. The van der Waals surface area contributed by atoms with E-state index in [4.69, 9.17) is 9.47 Å². The minimum absolute atomic E-state index is 0.00253. The van der Waals surface area contributed by atoms with E-state index >= 15 is 0 Å². The molecule has 2 aromatic heterocycles. The van der Waals surface area contributed by atoms with Crippen molar-refractivity contribution in [3.8, 4) is 11.5 Å². The molecule has 160 valence electrons. The number of nitrogens with one attached hydrogen (secondary N) is 1. The predicted octanol–water partition coefficient (Wildman–Crippen LogP) is 4.07. The van der Waals surface area contributed by atoms with Crippen molar-refractivity contribution < 1.29 is 14.3 Å². The number of ether oxygens (including phenoxy) is 2. The van der Waals surface area contributed by atoms with Crippen molar-refractivity contribution in [2.75, 3.05) is 14.2 Å². The van der Waals surface area contributed by atoms with Gasteiger partial charge in [-0.2, -0.15) is 0 Å². The van der Waals surface area contributed by atoms with Crippen LogP contribution in [-0.2, 0) is 6.54 Å². The fourth-order valence-electron chi connectivity index (χ4n) is 3.57. The molecule has 2 heterocycles. The van der Waals surface area contributed by atoms with E-state index in [1.807, 2.05) is 26.2 Å². The summed E-state index contributed by atoms with van der Waals surface area (Å²) in [5.74, 6) is 0.653. The van der Waals surface area contributed by atoms with E-state index in [0.717, 1.165) is 23.5 Å². The molecule has 8 heteroatoms. The Labute approximate surface area is 179 Å². The Kier molecular flexibility index (Phi) is 6.77. The zero-order valence-corrected chi connectivity index (χ0v) is 18.8. The number of fused-ring (bicyclic) bond motifs is 1. The number of benzene rings is 1. The first-order chi connectivity index (χ1) is 14.4. The third-order valence-corrected chi connectivity index (χ3v) is 6.05. The lowest BCUT2D eigenvalue weighted by Gasteiger charge is -2.20. The first kappa shape index (κ1) is 21.8. The lowest BCUT2D eigenvalue weighted by molar-refractivity contribution is 0.0951. The lowest BCUT2D eigenvalue weighted by atomic mass is 10.0. The predicted molar refractivity (Wildman–Crippen MR) is 119 cm³/mol. The highest BCUT2D eigenvalue weighted by atomic mass is 32.1. The van der Waals surface area contributed by atoms with Crippen molar-refractivity contribution >= 4 is 28.0 Å². The number of aromatic nitrogens is 2.